The summed E-state index contributed by atoms with van der Waals surface area (Å²) >= 11 is 0. The van der Waals surface area contributed by atoms with Gasteiger partial charge in [0.15, 0.2) is 0 Å². The fourth-order valence-electron chi connectivity index (χ4n) is 1.03. The number of benzene rings is 1. The van der Waals surface area contributed by atoms with Crippen LogP contribution in [0.2, 0.25) is 0 Å². The summed E-state index contributed by atoms with van der Waals surface area (Å²) in [6.07, 6.45) is 1.94. The first-order chi connectivity index (χ1) is 6.26. The molecule has 0 bridgehead atoms. The van der Waals surface area contributed by atoms with E-state index in [0.29, 0.717) is 0 Å². The zero-order valence-electron chi connectivity index (χ0n) is 7.95. The Morgan fingerprint density at radius 1 is 1.38 bits per heavy atom. The van der Waals surface area contributed by atoms with Crippen molar-refractivity contribution in [3.8, 4) is 5.75 Å². The van der Waals surface area contributed by atoms with Gasteiger partial charge < -0.3 is 9.84 Å². The van der Waals surface area contributed by atoms with Crippen molar-refractivity contribution in [3.63, 3.8) is 0 Å². The fraction of sp³-hybridized carbons (Fsp3) is 0.273. The molecule has 0 fully saturated rings. The van der Waals surface area contributed by atoms with E-state index < -0.39 is 0 Å². The number of aliphatic hydroxyl groups is 1. The van der Waals surface area contributed by atoms with Gasteiger partial charge in [0.05, 0.1) is 13.7 Å². The molecule has 1 N–H and O–H groups in total. The van der Waals surface area contributed by atoms with Crippen LogP contribution in [0.1, 0.15) is 12.5 Å². The van der Waals surface area contributed by atoms with Crippen LogP contribution in [0.3, 0.4) is 0 Å². The standard InChI is InChI=1S/C11H14O2/c1-9(8-12)7-10-3-5-11(13-2)6-4-10/h3-7,12H,8H2,1-2H3/b9-7-. The number of rotatable bonds is 3. The highest BCUT2D eigenvalue weighted by atomic mass is 16.5. The zero-order chi connectivity index (χ0) is 9.68. The van der Waals surface area contributed by atoms with Gasteiger partial charge in [-0.2, -0.15) is 0 Å². The third-order valence-corrected chi connectivity index (χ3v) is 1.78. The molecule has 0 radical (unpaired) electrons. The van der Waals surface area contributed by atoms with Crippen molar-refractivity contribution in [3.05, 3.63) is 35.4 Å². The summed E-state index contributed by atoms with van der Waals surface area (Å²) in [5.74, 6) is 0.846. The molecule has 0 spiro atoms. The second-order valence-electron chi connectivity index (χ2n) is 2.92. The van der Waals surface area contributed by atoms with Crippen LogP contribution in [0, 0.1) is 0 Å². The van der Waals surface area contributed by atoms with E-state index in [9.17, 15) is 0 Å². The smallest absolute Gasteiger partial charge is 0.118 e. The molecule has 0 heterocycles. The Balaban J connectivity index is 2.80. The van der Waals surface area contributed by atoms with Crippen LogP contribution in [0.4, 0.5) is 0 Å². The summed E-state index contributed by atoms with van der Waals surface area (Å²) in [6.45, 7) is 2.00. The highest BCUT2D eigenvalue weighted by Gasteiger charge is 1.91. The van der Waals surface area contributed by atoms with Crippen molar-refractivity contribution < 1.29 is 9.84 Å². The van der Waals surface area contributed by atoms with Crippen LogP contribution in [0.5, 0.6) is 5.75 Å². The molecule has 0 amide bonds. The third kappa shape index (κ3) is 2.92. The molecule has 0 saturated carbocycles. The number of hydrogen-bond donors (Lipinski definition) is 1. The number of methoxy groups -OCH3 is 1. The average Bonchev–Trinajstić information content (AvgIpc) is 2.19. The summed E-state index contributed by atoms with van der Waals surface area (Å²) in [5, 5.41) is 8.80. The Bertz CT molecular complexity index is 285. The van der Waals surface area contributed by atoms with Crippen LogP contribution in [-0.2, 0) is 0 Å². The van der Waals surface area contributed by atoms with Crippen molar-refractivity contribution in [1.29, 1.82) is 0 Å². The summed E-state index contributed by atoms with van der Waals surface area (Å²) in [6, 6.07) is 7.71. The highest BCUT2D eigenvalue weighted by Crippen LogP contribution is 2.13. The van der Waals surface area contributed by atoms with Gasteiger partial charge in [-0.25, -0.2) is 0 Å². The summed E-state index contributed by atoms with van der Waals surface area (Å²) < 4.78 is 5.03. The molecule has 70 valence electrons. The largest absolute Gasteiger partial charge is 0.497 e. The van der Waals surface area contributed by atoms with Gasteiger partial charge in [0.2, 0.25) is 0 Å². The molecular weight excluding hydrogens is 164 g/mol. The minimum atomic E-state index is 0.103. The van der Waals surface area contributed by atoms with Gasteiger partial charge in [-0.3, -0.25) is 0 Å². The second-order valence-corrected chi connectivity index (χ2v) is 2.92. The SMILES string of the molecule is COc1ccc(/C=C(/C)CO)cc1. The van der Waals surface area contributed by atoms with Crippen LogP contribution in [0.25, 0.3) is 6.08 Å². The van der Waals surface area contributed by atoms with E-state index in [1.54, 1.807) is 7.11 Å². The lowest BCUT2D eigenvalue weighted by Crippen LogP contribution is -1.85. The van der Waals surface area contributed by atoms with E-state index in [2.05, 4.69) is 0 Å². The topological polar surface area (TPSA) is 29.5 Å². The van der Waals surface area contributed by atoms with Gasteiger partial charge in [-0.05, 0) is 30.2 Å². The first kappa shape index (κ1) is 9.81. The maximum Gasteiger partial charge on any atom is 0.118 e. The quantitative estimate of drug-likeness (QED) is 0.768. The molecule has 1 rings (SSSR count). The Labute approximate surface area is 78.5 Å². The predicted octanol–water partition coefficient (Wildman–Crippen LogP) is 2.09. The maximum absolute atomic E-state index is 8.80. The molecule has 2 nitrogen and oxygen atoms in total. The number of aliphatic hydroxyl groups excluding tert-OH is 1. The lowest BCUT2D eigenvalue weighted by Gasteiger charge is -2.00. The van der Waals surface area contributed by atoms with Gasteiger partial charge in [0, 0.05) is 0 Å². The highest BCUT2D eigenvalue weighted by molar-refractivity contribution is 5.53. The van der Waals surface area contributed by atoms with Crippen LogP contribution in [0.15, 0.2) is 29.8 Å². The zero-order valence-corrected chi connectivity index (χ0v) is 7.95. The number of hydrogen-bond acceptors (Lipinski definition) is 2. The minimum absolute atomic E-state index is 0.103. The molecule has 0 aliphatic carbocycles. The first-order valence-corrected chi connectivity index (χ1v) is 4.18. The van der Waals surface area contributed by atoms with Gasteiger partial charge in [-0.15, -0.1) is 0 Å². The molecule has 0 aliphatic rings. The van der Waals surface area contributed by atoms with E-state index in [1.807, 2.05) is 37.3 Å². The molecule has 1 aromatic carbocycles. The molecule has 0 aromatic heterocycles. The van der Waals surface area contributed by atoms with Gasteiger partial charge in [0.1, 0.15) is 5.75 Å². The van der Waals surface area contributed by atoms with E-state index >= 15 is 0 Å². The van der Waals surface area contributed by atoms with Crippen molar-refractivity contribution in [2.45, 2.75) is 6.92 Å². The molecule has 0 aliphatic heterocycles. The molecule has 1 aromatic rings. The van der Waals surface area contributed by atoms with E-state index in [1.165, 1.54) is 0 Å². The van der Waals surface area contributed by atoms with E-state index in [-0.39, 0.29) is 6.61 Å². The maximum atomic E-state index is 8.80. The van der Waals surface area contributed by atoms with Gasteiger partial charge in [0.25, 0.3) is 0 Å². The lowest BCUT2D eigenvalue weighted by molar-refractivity contribution is 0.332. The van der Waals surface area contributed by atoms with Crippen LogP contribution >= 0.6 is 0 Å². The van der Waals surface area contributed by atoms with Crippen LogP contribution < -0.4 is 4.74 Å². The number of ether oxygens (including phenoxy) is 1. The first-order valence-electron chi connectivity index (χ1n) is 4.18. The molecular formula is C11H14O2. The lowest BCUT2D eigenvalue weighted by atomic mass is 10.1. The molecule has 0 unspecified atom stereocenters. The monoisotopic (exact) mass is 178 g/mol. The summed E-state index contributed by atoms with van der Waals surface area (Å²) in [5.41, 5.74) is 2.03. The normalized spacial score (nSPS) is 11.5. The Morgan fingerprint density at radius 3 is 2.46 bits per heavy atom. The van der Waals surface area contributed by atoms with Gasteiger partial charge in [-0.1, -0.05) is 18.2 Å². The van der Waals surface area contributed by atoms with Crippen molar-refractivity contribution in [2.75, 3.05) is 13.7 Å². The minimum Gasteiger partial charge on any atom is -0.497 e. The molecule has 0 atom stereocenters. The fourth-order valence-corrected chi connectivity index (χ4v) is 1.03. The van der Waals surface area contributed by atoms with Gasteiger partial charge >= 0.3 is 0 Å². The second kappa shape index (κ2) is 4.67. The Morgan fingerprint density at radius 2 is 2.00 bits per heavy atom. The van der Waals surface area contributed by atoms with Crippen molar-refractivity contribution in [1.82, 2.24) is 0 Å². The van der Waals surface area contributed by atoms with Crippen LogP contribution in [-0.4, -0.2) is 18.8 Å². The molecule has 2 heteroatoms. The van der Waals surface area contributed by atoms with Crippen molar-refractivity contribution in [2.24, 2.45) is 0 Å². The average molecular weight is 178 g/mol. The van der Waals surface area contributed by atoms with E-state index in [4.69, 9.17) is 9.84 Å². The molecule has 0 saturated heterocycles. The summed E-state index contributed by atoms with van der Waals surface area (Å²) in [7, 11) is 1.64. The Hall–Kier alpha value is -1.28. The van der Waals surface area contributed by atoms with Crippen molar-refractivity contribution >= 4 is 6.08 Å². The Kier molecular flexibility index (Phi) is 3.53. The predicted molar refractivity (Wildman–Crippen MR) is 53.7 cm³/mol. The third-order valence-electron chi connectivity index (χ3n) is 1.78. The molecule has 13 heavy (non-hydrogen) atoms. The van der Waals surface area contributed by atoms with E-state index in [0.717, 1.165) is 16.9 Å². The summed E-state index contributed by atoms with van der Waals surface area (Å²) in [4.78, 5) is 0.